The first-order chi connectivity index (χ1) is 12.8. The smallest absolute Gasteiger partial charge is 0.119 e. The van der Waals surface area contributed by atoms with Crippen molar-refractivity contribution in [3.05, 3.63) is 72.8 Å². The van der Waals surface area contributed by atoms with E-state index in [1.165, 1.54) is 10.8 Å². The minimum atomic E-state index is -0.615. The molecule has 0 bridgehead atoms. The molecule has 0 aliphatic carbocycles. The van der Waals surface area contributed by atoms with Crippen LogP contribution < -0.4 is 9.47 Å². The van der Waals surface area contributed by atoms with Gasteiger partial charge >= 0.3 is 0 Å². The van der Waals surface area contributed by atoms with E-state index in [-0.39, 0.29) is 6.61 Å². The molecule has 4 aromatic rings. The standard InChI is InChI=1S/C22H21NO3/c1-25-17-10-12-18(13-11-17)26-15-16(24)14-23-21-8-4-2-6-19(21)20-7-3-5-9-22(20)23/h2-13,16,24H,14-15H2,1H3/t16-/m1/s1. The molecule has 0 saturated carbocycles. The van der Waals surface area contributed by atoms with Crippen LogP contribution in [0.2, 0.25) is 0 Å². The molecular weight excluding hydrogens is 326 g/mol. The van der Waals surface area contributed by atoms with Crippen LogP contribution in [0.15, 0.2) is 72.8 Å². The lowest BCUT2D eigenvalue weighted by Gasteiger charge is -2.15. The Labute approximate surface area is 152 Å². The van der Waals surface area contributed by atoms with E-state index in [4.69, 9.17) is 9.47 Å². The van der Waals surface area contributed by atoms with Crippen molar-refractivity contribution in [1.82, 2.24) is 4.57 Å². The number of methoxy groups -OCH3 is 1. The number of hydrogen-bond acceptors (Lipinski definition) is 3. The maximum absolute atomic E-state index is 10.5. The molecule has 0 saturated heterocycles. The van der Waals surface area contributed by atoms with E-state index in [0.717, 1.165) is 16.8 Å². The average Bonchev–Trinajstić information content (AvgIpc) is 3.01. The predicted octanol–water partition coefficient (Wildman–Crippen LogP) is 4.24. The summed E-state index contributed by atoms with van der Waals surface area (Å²) in [4.78, 5) is 0. The molecule has 0 unspecified atom stereocenters. The van der Waals surface area contributed by atoms with Crippen LogP contribution in [-0.2, 0) is 6.54 Å². The van der Waals surface area contributed by atoms with Crippen molar-refractivity contribution >= 4 is 21.8 Å². The van der Waals surface area contributed by atoms with Crippen LogP contribution in [0, 0.1) is 0 Å². The number of aromatic nitrogens is 1. The first kappa shape index (κ1) is 16.5. The van der Waals surface area contributed by atoms with Gasteiger partial charge < -0.3 is 19.1 Å². The Morgan fingerprint density at radius 3 is 1.92 bits per heavy atom. The molecule has 1 N–H and O–H groups in total. The van der Waals surface area contributed by atoms with Crippen LogP contribution in [0.25, 0.3) is 21.8 Å². The van der Waals surface area contributed by atoms with Gasteiger partial charge in [-0.3, -0.25) is 0 Å². The highest BCUT2D eigenvalue weighted by molar-refractivity contribution is 6.07. The third kappa shape index (κ3) is 3.11. The monoisotopic (exact) mass is 347 g/mol. The number of fused-ring (bicyclic) bond motifs is 3. The summed E-state index contributed by atoms with van der Waals surface area (Å²) in [5, 5.41) is 12.9. The first-order valence-electron chi connectivity index (χ1n) is 8.67. The SMILES string of the molecule is COc1ccc(OC[C@H](O)Cn2c3ccccc3c3ccccc32)cc1. The van der Waals surface area contributed by atoms with Crippen LogP contribution in [0.1, 0.15) is 0 Å². The lowest BCUT2D eigenvalue weighted by atomic mass is 10.2. The summed E-state index contributed by atoms with van der Waals surface area (Å²) < 4.78 is 13.0. The number of aliphatic hydroxyl groups excluding tert-OH is 1. The van der Waals surface area contributed by atoms with Crippen molar-refractivity contribution in [3.63, 3.8) is 0 Å². The number of rotatable bonds is 6. The van der Waals surface area contributed by atoms with Crippen LogP contribution >= 0.6 is 0 Å². The van der Waals surface area contributed by atoms with Gasteiger partial charge in [-0.05, 0) is 36.4 Å². The van der Waals surface area contributed by atoms with Crippen molar-refractivity contribution < 1.29 is 14.6 Å². The van der Waals surface area contributed by atoms with E-state index in [2.05, 4.69) is 28.8 Å². The van der Waals surface area contributed by atoms with Crippen molar-refractivity contribution in [2.75, 3.05) is 13.7 Å². The van der Waals surface area contributed by atoms with Gasteiger partial charge in [0.1, 0.15) is 24.2 Å². The highest BCUT2D eigenvalue weighted by atomic mass is 16.5. The Morgan fingerprint density at radius 2 is 1.35 bits per heavy atom. The summed E-state index contributed by atoms with van der Waals surface area (Å²) in [5.41, 5.74) is 2.24. The van der Waals surface area contributed by atoms with E-state index in [1.807, 2.05) is 48.5 Å². The fourth-order valence-corrected chi connectivity index (χ4v) is 3.33. The molecule has 0 aliphatic rings. The summed E-state index contributed by atoms with van der Waals surface area (Å²) in [5.74, 6) is 1.50. The minimum absolute atomic E-state index is 0.229. The molecule has 1 heterocycles. The van der Waals surface area contributed by atoms with Crippen molar-refractivity contribution in [2.45, 2.75) is 12.6 Å². The largest absolute Gasteiger partial charge is 0.497 e. The highest BCUT2D eigenvalue weighted by Gasteiger charge is 2.13. The van der Waals surface area contributed by atoms with Gasteiger partial charge in [0.05, 0.1) is 13.7 Å². The molecule has 4 nitrogen and oxygen atoms in total. The second-order valence-electron chi connectivity index (χ2n) is 6.29. The van der Waals surface area contributed by atoms with E-state index in [0.29, 0.717) is 12.3 Å². The summed E-state index contributed by atoms with van der Waals surface area (Å²) >= 11 is 0. The van der Waals surface area contributed by atoms with Gasteiger partial charge in [0.25, 0.3) is 0 Å². The lowest BCUT2D eigenvalue weighted by Crippen LogP contribution is -2.23. The zero-order valence-electron chi connectivity index (χ0n) is 14.6. The molecule has 0 spiro atoms. The molecule has 0 amide bonds. The lowest BCUT2D eigenvalue weighted by molar-refractivity contribution is 0.0945. The van der Waals surface area contributed by atoms with Gasteiger partial charge in [0.2, 0.25) is 0 Å². The highest BCUT2D eigenvalue weighted by Crippen LogP contribution is 2.29. The maximum atomic E-state index is 10.5. The van der Waals surface area contributed by atoms with Crippen LogP contribution in [-0.4, -0.2) is 29.5 Å². The summed E-state index contributed by atoms with van der Waals surface area (Å²) in [6, 6.07) is 23.9. The molecule has 1 atom stereocenters. The molecule has 1 aromatic heterocycles. The molecule has 3 aromatic carbocycles. The van der Waals surface area contributed by atoms with Crippen molar-refractivity contribution in [3.8, 4) is 11.5 Å². The molecule has 26 heavy (non-hydrogen) atoms. The molecule has 132 valence electrons. The van der Waals surface area contributed by atoms with Gasteiger partial charge in [-0.2, -0.15) is 0 Å². The molecule has 4 heteroatoms. The Kier molecular flexibility index (Phi) is 4.50. The minimum Gasteiger partial charge on any atom is -0.497 e. The van der Waals surface area contributed by atoms with Gasteiger partial charge in [-0.15, -0.1) is 0 Å². The van der Waals surface area contributed by atoms with Gasteiger partial charge in [-0.25, -0.2) is 0 Å². The van der Waals surface area contributed by atoms with E-state index < -0.39 is 6.10 Å². The quantitative estimate of drug-likeness (QED) is 0.567. The number of hydrogen-bond donors (Lipinski definition) is 1. The Bertz CT molecular complexity index is 967. The topological polar surface area (TPSA) is 43.6 Å². The predicted molar refractivity (Wildman–Crippen MR) is 104 cm³/mol. The second-order valence-corrected chi connectivity index (χ2v) is 6.29. The van der Waals surface area contributed by atoms with Gasteiger partial charge in [0.15, 0.2) is 0 Å². The zero-order valence-corrected chi connectivity index (χ0v) is 14.6. The number of para-hydroxylation sites is 2. The van der Waals surface area contributed by atoms with E-state index >= 15 is 0 Å². The van der Waals surface area contributed by atoms with Crippen molar-refractivity contribution in [1.29, 1.82) is 0 Å². The summed E-state index contributed by atoms with van der Waals surface area (Å²) in [7, 11) is 1.63. The fraction of sp³-hybridized carbons (Fsp3) is 0.182. The molecular formula is C22H21NO3. The first-order valence-corrected chi connectivity index (χ1v) is 8.67. The molecule has 0 aliphatic heterocycles. The van der Waals surface area contributed by atoms with Crippen molar-refractivity contribution in [2.24, 2.45) is 0 Å². The third-order valence-corrected chi connectivity index (χ3v) is 4.58. The number of ether oxygens (including phenoxy) is 2. The van der Waals surface area contributed by atoms with E-state index in [9.17, 15) is 5.11 Å². The van der Waals surface area contributed by atoms with Gasteiger partial charge in [0, 0.05) is 21.8 Å². The molecule has 4 rings (SSSR count). The van der Waals surface area contributed by atoms with E-state index in [1.54, 1.807) is 7.11 Å². The number of aliphatic hydroxyl groups is 1. The Hall–Kier alpha value is -2.98. The third-order valence-electron chi connectivity index (χ3n) is 4.58. The van der Waals surface area contributed by atoms with Crippen LogP contribution in [0.4, 0.5) is 0 Å². The molecule has 0 radical (unpaired) electrons. The van der Waals surface area contributed by atoms with Gasteiger partial charge in [-0.1, -0.05) is 36.4 Å². The fourth-order valence-electron chi connectivity index (χ4n) is 3.33. The van der Waals surface area contributed by atoms with Crippen LogP contribution in [0.3, 0.4) is 0 Å². The maximum Gasteiger partial charge on any atom is 0.119 e. The second kappa shape index (κ2) is 7.10. The Balaban J connectivity index is 1.54. The number of nitrogens with zero attached hydrogens (tertiary/aromatic N) is 1. The summed E-state index contributed by atoms with van der Waals surface area (Å²) in [6.45, 7) is 0.706. The Morgan fingerprint density at radius 1 is 0.808 bits per heavy atom. The average molecular weight is 347 g/mol. The zero-order chi connectivity index (χ0) is 17.9. The summed E-state index contributed by atoms with van der Waals surface area (Å²) in [6.07, 6.45) is -0.615. The number of benzene rings is 3. The molecule has 0 fully saturated rings. The van der Waals surface area contributed by atoms with Crippen LogP contribution in [0.5, 0.6) is 11.5 Å². The normalized spacial score (nSPS) is 12.4.